The van der Waals surface area contributed by atoms with Gasteiger partial charge in [-0.3, -0.25) is 0 Å². The maximum Gasteiger partial charge on any atom is 0.225 e. The molecule has 2 aromatic rings. The Morgan fingerprint density at radius 3 is 2.72 bits per heavy atom. The second-order valence-electron chi connectivity index (χ2n) is 3.73. The van der Waals surface area contributed by atoms with E-state index in [0.717, 1.165) is 0 Å². The molecule has 94 valence electrons. The molecule has 0 saturated carbocycles. The Kier molecular flexibility index (Phi) is 4.07. The number of halogens is 2. The maximum absolute atomic E-state index is 9.63. The van der Waals surface area contributed by atoms with Crippen molar-refractivity contribution >= 4 is 23.2 Å². The maximum atomic E-state index is 9.63. The van der Waals surface area contributed by atoms with Crippen LogP contribution < -0.4 is 4.74 Å². The molecular weight excluding hydrogens is 273 g/mol. The minimum Gasteiger partial charge on any atom is -0.437 e. The number of ether oxygens (including phenoxy) is 1. The van der Waals surface area contributed by atoms with Gasteiger partial charge in [-0.05, 0) is 31.2 Å². The van der Waals surface area contributed by atoms with E-state index >= 15 is 0 Å². The molecule has 0 radical (unpaired) electrons. The molecule has 0 aliphatic carbocycles. The second-order valence-corrected chi connectivity index (χ2v) is 4.51. The topological polar surface area (TPSA) is 42.4 Å². The highest BCUT2D eigenvalue weighted by atomic mass is 35.5. The average molecular weight is 284 g/mol. The van der Waals surface area contributed by atoms with Crippen LogP contribution in [0.5, 0.6) is 11.6 Å². The van der Waals surface area contributed by atoms with Gasteiger partial charge < -0.3 is 9.84 Å². The van der Waals surface area contributed by atoms with Crippen molar-refractivity contribution in [1.82, 2.24) is 4.98 Å². The molecule has 1 aromatic heterocycles. The third kappa shape index (κ3) is 2.75. The summed E-state index contributed by atoms with van der Waals surface area (Å²) in [4.78, 5) is 4.08. The van der Waals surface area contributed by atoms with Crippen molar-refractivity contribution in [1.29, 1.82) is 0 Å². The van der Waals surface area contributed by atoms with Crippen LogP contribution in [0.4, 0.5) is 0 Å². The molecule has 0 spiro atoms. The number of aliphatic hydroxyl groups excluding tert-OH is 1. The van der Waals surface area contributed by atoms with Gasteiger partial charge in [-0.2, -0.15) is 0 Å². The molecule has 3 nitrogen and oxygen atoms in total. The molecule has 1 aromatic carbocycles. The monoisotopic (exact) mass is 283 g/mol. The zero-order valence-corrected chi connectivity index (χ0v) is 11.1. The van der Waals surface area contributed by atoms with Crippen molar-refractivity contribution in [2.45, 2.75) is 13.0 Å². The summed E-state index contributed by atoms with van der Waals surface area (Å²) in [7, 11) is 0. The number of hydrogen-bond donors (Lipinski definition) is 1. The Morgan fingerprint density at radius 1 is 1.22 bits per heavy atom. The van der Waals surface area contributed by atoms with Crippen LogP contribution in [0.15, 0.2) is 36.5 Å². The van der Waals surface area contributed by atoms with Gasteiger partial charge in [-0.1, -0.05) is 29.3 Å². The van der Waals surface area contributed by atoms with Gasteiger partial charge in [0.1, 0.15) is 10.8 Å². The minimum absolute atomic E-state index is 0.316. The van der Waals surface area contributed by atoms with Crippen LogP contribution in [0, 0.1) is 0 Å². The lowest BCUT2D eigenvalue weighted by molar-refractivity contribution is 0.194. The number of aromatic nitrogens is 1. The molecular formula is C13H11Cl2NO2. The van der Waals surface area contributed by atoms with Crippen molar-refractivity contribution in [3.05, 3.63) is 52.1 Å². The van der Waals surface area contributed by atoms with Crippen LogP contribution >= 0.6 is 23.2 Å². The van der Waals surface area contributed by atoms with Crippen LogP contribution in [0.25, 0.3) is 0 Å². The molecule has 0 bridgehead atoms. The predicted octanol–water partition coefficient (Wildman–Crippen LogP) is 4.23. The molecule has 0 fully saturated rings. The van der Waals surface area contributed by atoms with Gasteiger partial charge in [0.2, 0.25) is 5.88 Å². The van der Waals surface area contributed by atoms with Gasteiger partial charge in [-0.25, -0.2) is 4.98 Å². The first-order valence-electron chi connectivity index (χ1n) is 5.34. The highest BCUT2D eigenvalue weighted by Gasteiger charge is 2.13. The van der Waals surface area contributed by atoms with Gasteiger partial charge in [0.25, 0.3) is 0 Å². The van der Waals surface area contributed by atoms with Gasteiger partial charge in [-0.15, -0.1) is 0 Å². The van der Waals surface area contributed by atoms with E-state index < -0.39 is 6.10 Å². The van der Waals surface area contributed by atoms with E-state index in [-0.39, 0.29) is 0 Å². The summed E-state index contributed by atoms with van der Waals surface area (Å²) in [6.45, 7) is 1.64. The molecule has 0 aliphatic rings. The Hall–Kier alpha value is -1.29. The van der Waals surface area contributed by atoms with Crippen LogP contribution in [0.2, 0.25) is 10.0 Å². The minimum atomic E-state index is -0.674. The van der Waals surface area contributed by atoms with Gasteiger partial charge in [0.15, 0.2) is 0 Å². The Labute approximate surface area is 115 Å². The first-order valence-corrected chi connectivity index (χ1v) is 6.10. The van der Waals surface area contributed by atoms with E-state index in [4.69, 9.17) is 27.9 Å². The number of rotatable bonds is 3. The van der Waals surface area contributed by atoms with E-state index in [9.17, 15) is 5.11 Å². The fourth-order valence-electron chi connectivity index (χ4n) is 1.47. The number of hydrogen-bond acceptors (Lipinski definition) is 3. The quantitative estimate of drug-likeness (QED) is 0.916. The van der Waals surface area contributed by atoms with Crippen LogP contribution in [0.1, 0.15) is 18.6 Å². The summed E-state index contributed by atoms with van der Waals surface area (Å²) in [5, 5.41) is 10.4. The first kappa shape index (κ1) is 13.1. The fourth-order valence-corrected chi connectivity index (χ4v) is 1.80. The van der Waals surface area contributed by atoms with Crippen LogP contribution in [-0.2, 0) is 0 Å². The molecule has 1 atom stereocenters. The van der Waals surface area contributed by atoms with Gasteiger partial charge in [0.05, 0.1) is 11.1 Å². The largest absolute Gasteiger partial charge is 0.437 e. The average Bonchev–Trinajstić information content (AvgIpc) is 2.35. The number of benzene rings is 1. The molecule has 0 amide bonds. The van der Waals surface area contributed by atoms with E-state index in [2.05, 4.69) is 4.98 Å². The van der Waals surface area contributed by atoms with Gasteiger partial charge >= 0.3 is 0 Å². The lowest BCUT2D eigenvalue weighted by Crippen LogP contribution is -1.98. The highest BCUT2D eigenvalue weighted by Crippen LogP contribution is 2.35. The number of aliphatic hydroxyl groups is 1. The Bertz CT molecular complexity index is 558. The zero-order valence-electron chi connectivity index (χ0n) is 9.60. The lowest BCUT2D eigenvalue weighted by atomic mass is 10.2. The molecule has 0 saturated heterocycles. The van der Waals surface area contributed by atoms with Crippen molar-refractivity contribution < 1.29 is 9.84 Å². The molecule has 1 N–H and O–H groups in total. The zero-order chi connectivity index (χ0) is 13.1. The van der Waals surface area contributed by atoms with Crippen molar-refractivity contribution in [3.8, 4) is 11.6 Å². The summed E-state index contributed by atoms with van der Waals surface area (Å²) in [5.74, 6) is 0.724. The molecule has 2 rings (SSSR count). The lowest BCUT2D eigenvalue weighted by Gasteiger charge is -2.12. The van der Waals surface area contributed by atoms with Crippen molar-refractivity contribution in [2.75, 3.05) is 0 Å². The summed E-state index contributed by atoms with van der Waals surface area (Å²) in [6.07, 6.45) is 0.909. The summed E-state index contributed by atoms with van der Waals surface area (Å²) >= 11 is 11.9. The van der Waals surface area contributed by atoms with Crippen molar-refractivity contribution in [3.63, 3.8) is 0 Å². The van der Waals surface area contributed by atoms with Crippen molar-refractivity contribution in [2.24, 2.45) is 0 Å². The SMILES string of the molecule is C[C@@H](O)c1cccnc1Oc1cccc(Cl)c1Cl. The molecule has 18 heavy (non-hydrogen) atoms. The smallest absolute Gasteiger partial charge is 0.225 e. The van der Waals surface area contributed by atoms with E-state index in [1.165, 1.54) is 0 Å². The standard InChI is InChI=1S/C13H11Cl2NO2/c1-8(17)9-4-3-7-16-13(9)18-11-6-2-5-10(14)12(11)15/h2-8,17H,1H3/t8-/m1/s1. The second kappa shape index (κ2) is 5.57. The molecule has 1 heterocycles. The first-order chi connectivity index (χ1) is 8.59. The van der Waals surface area contributed by atoms with E-state index in [1.807, 2.05) is 0 Å². The van der Waals surface area contributed by atoms with Gasteiger partial charge in [0, 0.05) is 11.8 Å². The number of pyridine rings is 1. The molecule has 0 unspecified atom stereocenters. The van der Waals surface area contributed by atoms with Crippen LogP contribution in [-0.4, -0.2) is 10.1 Å². The normalized spacial score (nSPS) is 12.2. The molecule has 0 aliphatic heterocycles. The van der Waals surface area contributed by atoms with E-state index in [1.54, 1.807) is 43.5 Å². The Morgan fingerprint density at radius 2 is 2.00 bits per heavy atom. The summed E-state index contributed by atoms with van der Waals surface area (Å²) < 4.78 is 5.59. The molecule has 5 heteroatoms. The predicted molar refractivity (Wildman–Crippen MR) is 71.4 cm³/mol. The third-order valence-corrected chi connectivity index (χ3v) is 3.18. The fraction of sp³-hybridized carbons (Fsp3) is 0.154. The highest BCUT2D eigenvalue weighted by molar-refractivity contribution is 6.42. The summed E-state index contributed by atoms with van der Waals surface area (Å²) in [5.41, 5.74) is 0.591. The van der Waals surface area contributed by atoms with Crippen LogP contribution in [0.3, 0.4) is 0 Å². The number of nitrogens with zero attached hydrogens (tertiary/aromatic N) is 1. The van der Waals surface area contributed by atoms with E-state index in [0.29, 0.717) is 27.2 Å². The third-order valence-electron chi connectivity index (χ3n) is 2.37. The summed E-state index contributed by atoms with van der Waals surface area (Å²) in [6, 6.07) is 8.56. The Balaban J connectivity index is 2.37.